The minimum atomic E-state index is -0.447. The summed E-state index contributed by atoms with van der Waals surface area (Å²) >= 11 is 0. The van der Waals surface area contributed by atoms with E-state index < -0.39 is 5.60 Å². The van der Waals surface area contributed by atoms with E-state index in [-0.39, 0.29) is 6.09 Å². The van der Waals surface area contributed by atoms with E-state index in [1.807, 2.05) is 43.9 Å². The summed E-state index contributed by atoms with van der Waals surface area (Å²) in [6.07, 6.45) is 7.11. The van der Waals surface area contributed by atoms with Crippen molar-refractivity contribution in [3.05, 3.63) is 35.8 Å². The number of hydrogen-bond acceptors (Lipinski definition) is 6. The van der Waals surface area contributed by atoms with Crippen LogP contribution < -0.4 is 0 Å². The fraction of sp³-hybridized carbons (Fsp3) is 0.600. The monoisotopic (exact) mass is 435 g/mol. The quantitative estimate of drug-likeness (QED) is 0.720. The smallest absolute Gasteiger partial charge is 0.410 e. The summed E-state index contributed by atoms with van der Waals surface area (Å²) < 4.78 is 5.51. The van der Waals surface area contributed by atoms with Crippen LogP contribution in [0.4, 0.5) is 4.79 Å². The van der Waals surface area contributed by atoms with Crippen LogP contribution in [0.25, 0.3) is 10.9 Å². The molecule has 0 unspecified atom stereocenters. The van der Waals surface area contributed by atoms with Gasteiger partial charge in [-0.1, -0.05) is 0 Å². The van der Waals surface area contributed by atoms with Crippen LogP contribution in [0.2, 0.25) is 0 Å². The van der Waals surface area contributed by atoms with E-state index in [9.17, 15) is 10.1 Å². The third kappa shape index (κ3) is 5.36. The molecule has 0 bridgehead atoms. The zero-order chi connectivity index (χ0) is 22.7. The van der Waals surface area contributed by atoms with Gasteiger partial charge in [-0.25, -0.2) is 14.8 Å². The first-order valence-electron chi connectivity index (χ1n) is 11.7. The molecule has 2 aliphatic rings. The third-order valence-electron chi connectivity index (χ3n) is 6.63. The van der Waals surface area contributed by atoms with Gasteiger partial charge in [0.1, 0.15) is 11.9 Å². The Hall–Kier alpha value is -2.72. The molecular formula is C25H33N5O2. The molecule has 4 rings (SSSR count). The standard InChI is InChI=1S/C25H33N5O2/c1-25(2,3)32-24(31)30-12-10-29(11-13-30)20-7-4-18(5-8-20)15-23-21-14-19(16-26)6-9-22(21)27-17-28-23/h6,9,14,17-18,20H,4-5,7-8,10-13,15H2,1-3H3. The van der Waals surface area contributed by atoms with Crippen LogP contribution in [0.1, 0.15) is 57.7 Å². The molecule has 0 spiro atoms. The van der Waals surface area contributed by atoms with Crippen molar-refractivity contribution in [2.24, 2.45) is 5.92 Å². The van der Waals surface area contributed by atoms with Gasteiger partial charge in [0.15, 0.2) is 0 Å². The Labute approximate surface area is 190 Å². The van der Waals surface area contributed by atoms with Gasteiger partial charge in [-0.05, 0) is 77.0 Å². The topological polar surface area (TPSA) is 82.3 Å². The number of carbonyl (C=O) groups is 1. The van der Waals surface area contributed by atoms with Gasteiger partial charge in [0, 0.05) is 37.6 Å². The first-order chi connectivity index (χ1) is 15.3. The minimum Gasteiger partial charge on any atom is -0.444 e. The van der Waals surface area contributed by atoms with Crippen molar-refractivity contribution in [1.82, 2.24) is 19.8 Å². The number of hydrogen-bond donors (Lipinski definition) is 0. The van der Waals surface area contributed by atoms with Gasteiger partial charge in [-0.2, -0.15) is 5.26 Å². The van der Waals surface area contributed by atoms with Crippen LogP contribution in [0, 0.1) is 17.2 Å². The number of aromatic nitrogens is 2. The fourth-order valence-corrected chi connectivity index (χ4v) is 4.93. The Kier molecular flexibility index (Phi) is 6.61. The van der Waals surface area contributed by atoms with Crippen molar-refractivity contribution >= 4 is 17.0 Å². The average molecular weight is 436 g/mol. The van der Waals surface area contributed by atoms with Gasteiger partial charge >= 0.3 is 6.09 Å². The molecule has 1 aliphatic carbocycles. The molecule has 7 nitrogen and oxygen atoms in total. The lowest BCUT2D eigenvalue weighted by Gasteiger charge is -2.42. The van der Waals surface area contributed by atoms with Crippen LogP contribution in [0.3, 0.4) is 0 Å². The molecule has 1 saturated carbocycles. The molecule has 1 aliphatic heterocycles. The van der Waals surface area contributed by atoms with Crippen molar-refractivity contribution in [3.8, 4) is 6.07 Å². The van der Waals surface area contributed by atoms with Crippen LogP contribution in [-0.2, 0) is 11.2 Å². The summed E-state index contributed by atoms with van der Waals surface area (Å²) in [5.41, 5.74) is 2.17. The van der Waals surface area contributed by atoms with Gasteiger partial charge in [0.05, 0.1) is 22.8 Å². The van der Waals surface area contributed by atoms with Crippen LogP contribution in [-0.4, -0.2) is 63.7 Å². The van der Waals surface area contributed by atoms with Gasteiger partial charge in [0.25, 0.3) is 0 Å². The normalized spacial score (nSPS) is 22.5. The van der Waals surface area contributed by atoms with E-state index in [4.69, 9.17) is 4.74 Å². The predicted octanol–water partition coefficient (Wildman–Crippen LogP) is 4.16. The van der Waals surface area contributed by atoms with E-state index in [0.717, 1.165) is 49.2 Å². The van der Waals surface area contributed by atoms with E-state index in [1.54, 1.807) is 6.33 Å². The Balaban J connectivity index is 1.29. The maximum Gasteiger partial charge on any atom is 0.410 e. The van der Waals surface area contributed by atoms with Crippen LogP contribution in [0.5, 0.6) is 0 Å². The molecule has 7 heteroatoms. The summed E-state index contributed by atoms with van der Waals surface area (Å²) in [4.78, 5) is 25.6. The SMILES string of the molecule is CC(C)(C)OC(=O)N1CCN(C2CCC(Cc3ncnc4ccc(C#N)cc34)CC2)CC1. The Morgan fingerprint density at radius 1 is 1.12 bits per heavy atom. The Morgan fingerprint density at radius 2 is 1.84 bits per heavy atom. The lowest BCUT2D eigenvalue weighted by molar-refractivity contribution is 0.00719. The lowest BCUT2D eigenvalue weighted by Crippen LogP contribution is -2.53. The summed E-state index contributed by atoms with van der Waals surface area (Å²) in [5, 5.41) is 10.2. The van der Waals surface area contributed by atoms with E-state index in [2.05, 4.69) is 20.9 Å². The molecule has 2 heterocycles. The number of amides is 1. The number of rotatable bonds is 3. The van der Waals surface area contributed by atoms with Crippen molar-refractivity contribution in [3.63, 3.8) is 0 Å². The van der Waals surface area contributed by atoms with Crippen LogP contribution >= 0.6 is 0 Å². The molecule has 32 heavy (non-hydrogen) atoms. The number of carbonyl (C=O) groups excluding carboxylic acids is 1. The largest absolute Gasteiger partial charge is 0.444 e. The maximum atomic E-state index is 12.3. The maximum absolute atomic E-state index is 12.3. The van der Waals surface area contributed by atoms with E-state index in [1.165, 1.54) is 25.7 Å². The number of fused-ring (bicyclic) bond motifs is 1. The second-order valence-electron chi connectivity index (χ2n) is 10.0. The number of nitrogens with zero attached hydrogens (tertiary/aromatic N) is 5. The van der Waals surface area contributed by atoms with Gasteiger partial charge in [0.2, 0.25) is 0 Å². The molecule has 1 aromatic heterocycles. The molecule has 1 amide bonds. The molecular weight excluding hydrogens is 402 g/mol. The molecule has 1 saturated heterocycles. The zero-order valence-electron chi connectivity index (χ0n) is 19.4. The number of piperazine rings is 1. The second-order valence-corrected chi connectivity index (χ2v) is 10.0. The molecule has 0 radical (unpaired) electrons. The first kappa shape index (κ1) is 22.5. The average Bonchev–Trinajstić information content (AvgIpc) is 2.78. The molecule has 2 fully saturated rings. The molecule has 0 N–H and O–H groups in total. The molecule has 2 aromatic rings. The number of nitriles is 1. The number of benzene rings is 1. The predicted molar refractivity (Wildman–Crippen MR) is 123 cm³/mol. The van der Waals surface area contributed by atoms with E-state index >= 15 is 0 Å². The van der Waals surface area contributed by atoms with Crippen molar-refractivity contribution in [2.45, 2.75) is 64.5 Å². The highest BCUT2D eigenvalue weighted by Crippen LogP contribution is 2.31. The van der Waals surface area contributed by atoms with Crippen molar-refractivity contribution in [1.29, 1.82) is 5.26 Å². The minimum absolute atomic E-state index is 0.197. The first-order valence-corrected chi connectivity index (χ1v) is 11.7. The highest BCUT2D eigenvalue weighted by molar-refractivity contribution is 5.82. The van der Waals surface area contributed by atoms with Crippen LogP contribution in [0.15, 0.2) is 24.5 Å². The number of ether oxygens (including phenoxy) is 1. The second kappa shape index (κ2) is 9.41. The highest BCUT2D eigenvalue weighted by atomic mass is 16.6. The van der Waals surface area contributed by atoms with Gasteiger partial charge in [-0.3, -0.25) is 4.90 Å². The van der Waals surface area contributed by atoms with Crippen molar-refractivity contribution < 1.29 is 9.53 Å². The van der Waals surface area contributed by atoms with Gasteiger partial charge < -0.3 is 9.64 Å². The fourth-order valence-electron chi connectivity index (χ4n) is 4.93. The summed E-state index contributed by atoms with van der Waals surface area (Å²) in [6.45, 7) is 9.04. The van der Waals surface area contributed by atoms with Gasteiger partial charge in [-0.15, -0.1) is 0 Å². The summed E-state index contributed by atoms with van der Waals surface area (Å²) in [6, 6.07) is 8.46. The Morgan fingerprint density at radius 3 is 2.50 bits per heavy atom. The van der Waals surface area contributed by atoms with Crippen molar-refractivity contribution in [2.75, 3.05) is 26.2 Å². The molecule has 1 aromatic carbocycles. The summed E-state index contributed by atoms with van der Waals surface area (Å²) in [5.74, 6) is 0.609. The third-order valence-corrected chi connectivity index (χ3v) is 6.63. The van der Waals surface area contributed by atoms with E-state index in [0.29, 0.717) is 17.5 Å². The summed E-state index contributed by atoms with van der Waals surface area (Å²) in [7, 11) is 0. The zero-order valence-corrected chi connectivity index (χ0v) is 19.4. The Bertz CT molecular complexity index is 994. The molecule has 0 atom stereocenters. The molecule has 170 valence electrons. The highest BCUT2D eigenvalue weighted by Gasteiger charge is 2.31. The lowest BCUT2D eigenvalue weighted by atomic mass is 9.82.